The fourth-order valence-electron chi connectivity index (χ4n) is 1.40. The Morgan fingerprint density at radius 2 is 2.16 bits per heavy atom. The minimum Gasteiger partial charge on any atom is -0.477 e. The van der Waals surface area contributed by atoms with Crippen LogP contribution in [-0.2, 0) is 10.0 Å². The highest BCUT2D eigenvalue weighted by atomic mass is 32.2. The molecule has 9 heteroatoms. The molecule has 0 radical (unpaired) electrons. The van der Waals surface area contributed by atoms with Crippen molar-refractivity contribution < 1.29 is 22.8 Å². The highest BCUT2D eigenvalue weighted by molar-refractivity contribution is 7.92. The van der Waals surface area contributed by atoms with Crippen LogP contribution in [-0.4, -0.2) is 35.9 Å². The van der Waals surface area contributed by atoms with Crippen LogP contribution in [0.2, 0.25) is 0 Å². The number of rotatable bonds is 4. The van der Waals surface area contributed by atoms with Gasteiger partial charge in [0, 0.05) is 6.20 Å². The molecule has 0 atom stereocenters. The average Bonchev–Trinajstić information content (AvgIpc) is 2.71. The molecule has 0 amide bonds. The van der Waals surface area contributed by atoms with E-state index in [1.165, 1.54) is 12.3 Å². The SMILES string of the molecule is CS(=O)(=O)Nc1onc(-c2ccccn2)c1C(=O)O. The van der Waals surface area contributed by atoms with Crippen LogP contribution < -0.4 is 4.72 Å². The van der Waals surface area contributed by atoms with E-state index in [1.807, 2.05) is 4.72 Å². The summed E-state index contributed by atoms with van der Waals surface area (Å²) in [5.74, 6) is -1.82. The number of hydrogen-bond donors (Lipinski definition) is 2. The van der Waals surface area contributed by atoms with Crippen molar-refractivity contribution in [3.63, 3.8) is 0 Å². The molecule has 0 saturated carbocycles. The molecular formula is C10H9N3O5S. The molecule has 2 aromatic rings. The van der Waals surface area contributed by atoms with E-state index >= 15 is 0 Å². The summed E-state index contributed by atoms with van der Waals surface area (Å²) in [5.41, 5.74) is -0.159. The van der Waals surface area contributed by atoms with Gasteiger partial charge in [0.25, 0.3) is 5.88 Å². The molecule has 2 heterocycles. The summed E-state index contributed by atoms with van der Waals surface area (Å²) in [6.07, 6.45) is 2.33. The molecule has 0 spiro atoms. The number of carboxylic acid groups (broad SMARTS) is 1. The van der Waals surface area contributed by atoms with Crippen molar-refractivity contribution in [3.05, 3.63) is 30.0 Å². The molecule has 100 valence electrons. The lowest BCUT2D eigenvalue weighted by Crippen LogP contribution is -2.12. The maximum Gasteiger partial charge on any atom is 0.343 e. The summed E-state index contributed by atoms with van der Waals surface area (Å²) >= 11 is 0. The number of nitrogens with one attached hydrogen (secondary N) is 1. The van der Waals surface area contributed by atoms with Crippen LogP contribution in [0.15, 0.2) is 28.9 Å². The maximum atomic E-state index is 11.2. The molecule has 2 N–H and O–H groups in total. The smallest absolute Gasteiger partial charge is 0.343 e. The first-order valence-electron chi connectivity index (χ1n) is 5.00. The summed E-state index contributed by atoms with van der Waals surface area (Å²) in [7, 11) is -3.67. The predicted octanol–water partition coefficient (Wildman–Crippen LogP) is 0.806. The van der Waals surface area contributed by atoms with E-state index in [2.05, 4.69) is 10.1 Å². The van der Waals surface area contributed by atoms with Gasteiger partial charge in [-0.3, -0.25) is 9.71 Å². The first-order chi connectivity index (χ1) is 8.88. The van der Waals surface area contributed by atoms with Crippen LogP contribution in [0.1, 0.15) is 10.4 Å². The number of pyridine rings is 1. The molecule has 8 nitrogen and oxygen atoms in total. The Labute approximate surface area is 108 Å². The number of aromatic nitrogens is 2. The zero-order valence-electron chi connectivity index (χ0n) is 9.69. The van der Waals surface area contributed by atoms with E-state index < -0.39 is 21.9 Å². The zero-order valence-corrected chi connectivity index (χ0v) is 10.5. The minimum absolute atomic E-state index is 0.0424. The van der Waals surface area contributed by atoms with E-state index in [-0.39, 0.29) is 17.0 Å². The van der Waals surface area contributed by atoms with E-state index in [0.717, 1.165) is 6.26 Å². The largest absolute Gasteiger partial charge is 0.477 e. The number of sulfonamides is 1. The van der Waals surface area contributed by atoms with Crippen LogP contribution in [0.3, 0.4) is 0 Å². The van der Waals surface area contributed by atoms with Crippen molar-refractivity contribution in [1.82, 2.24) is 10.1 Å². The second-order valence-electron chi connectivity index (χ2n) is 3.63. The van der Waals surface area contributed by atoms with Crippen molar-refractivity contribution >= 4 is 21.9 Å². The number of carboxylic acids is 1. The molecule has 0 aromatic carbocycles. The molecule has 19 heavy (non-hydrogen) atoms. The van der Waals surface area contributed by atoms with Gasteiger partial charge in [-0.25, -0.2) is 13.2 Å². The lowest BCUT2D eigenvalue weighted by Gasteiger charge is -2.00. The molecule has 0 saturated heterocycles. The van der Waals surface area contributed by atoms with Gasteiger partial charge in [0.1, 0.15) is 5.69 Å². The molecule has 0 aliphatic rings. The molecule has 0 aliphatic heterocycles. The summed E-state index contributed by atoms with van der Waals surface area (Å²) in [5, 5.41) is 12.7. The Hall–Kier alpha value is -2.42. The highest BCUT2D eigenvalue weighted by Crippen LogP contribution is 2.27. The Morgan fingerprint density at radius 1 is 1.42 bits per heavy atom. The first kappa shape index (κ1) is 13.0. The van der Waals surface area contributed by atoms with Gasteiger partial charge in [-0.2, -0.15) is 0 Å². The minimum atomic E-state index is -3.67. The number of nitrogens with zero attached hydrogens (tertiary/aromatic N) is 2. The van der Waals surface area contributed by atoms with E-state index in [1.54, 1.807) is 12.1 Å². The van der Waals surface area contributed by atoms with Gasteiger partial charge < -0.3 is 9.63 Å². The van der Waals surface area contributed by atoms with Crippen molar-refractivity contribution in [2.24, 2.45) is 0 Å². The maximum absolute atomic E-state index is 11.2. The van der Waals surface area contributed by atoms with Crippen LogP contribution in [0, 0.1) is 0 Å². The fraction of sp³-hybridized carbons (Fsp3) is 0.100. The van der Waals surface area contributed by atoms with Crippen LogP contribution in [0.4, 0.5) is 5.88 Å². The van der Waals surface area contributed by atoms with Crippen molar-refractivity contribution in [2.45, 2.75) is 0 Å². The van der Waals surface area contributed by atoms with Crippen molar-refractivity contribution in [2.75, 3.05) is 11.0 Å². The number of carbonyl (C=O) groups is 1. The van der Waals surface area contributed by atoms with Crippen molar-refractivity contribution in [1.29, 1.82) is 0 Å². The lowest BCUT2D eigenvalue weighted by molar-refractivity contribution is 0.0698. The second-order valence-corrected chi connectivity index (χ2v) is 5.38. The number of hydrogen-bond acceptors (Lipinski definition) is 6. The lowest BCUT2D eigenvalue weighted by atomic mass is 10.2. The van der Waals surface area contributed by atoms with E-state index in [9.17, 15) is 13.2 Å². The van der Waals surface area contributed by atoms with Gasteiger partial charge in [-0.05, 0) is 12.1 Å². The van der Waals surface area contributed by atoms with Gasteiger partial charge >= 0.3 is 5.97 Å². The molecule has 2 rings (SSSR count). The molecular weight excluding hydrogens is 274 g/mol. The van der Waals surface area contributed by atoms with Crippen LogP contribution in [0.25, 0.3) is 11.4 Å². The predicted molar refractivity (Wildman–Crippen MR) is 65.2 cm³/mol. The third kappa shape index (κ3) is 2.88. The summed E-state index contributed by atoms with van der Waals surface area (Å²) < 4.78 is 28.9. The van der Waals surface area contributed by atoms with Crippen LogP contribution in [0.5, 0.6) is 0 Å². The third-order valence-corrected chi connectivity index (χ3v) is 2.65. The summed E-state index contributed by atoms with van der Waals surface area (Å²) in [6, 6.07) is 4.83. The van der Waals surface area contributed by atoms with Gasteiger partial charge in [-0.15, -0.1) is 0 Å². The zero-order chi connectivity index (χ0) is 14.0. The topological polar surface area (TPSA) is 122 Å². The van der Waals surface area contributed by atoms with Crippen LogP contribution >= 0.6 is 0 Å². The third-order valence-electron chi connectivity index (χ3n) is 2.09. The van der Waals surface area contributed by atoms with E-state index in [4.69, 9.17) is 9.63 Å². The highest BCUT2D eigenvalue weighted by Gasteiger charge is 2.26. The average molecular weight is 283 g/mol. The molecule has 0 bridgehead atoms. The quantitative estimate of drug-likeness (QED) is 0.850. The Morgan fingerprint density at radius 3 is 2.68 bits per heavy atom. The molecule has 0 fully saturated rings. The number of aromatic carboxylic acids is 1. The Balaban J connectivity index is 2.56. The molecule has 0 aliphatic carbocycles. The normalized spacial score (nSPS) is 11.2. The first-order valence-corrected chi connectivity index (χ1v) is 6.90. The Bertz CT molecular complexity index is 708. The van der Waals surface area contributed by atoms with Gasteiger partial charge in [-0.1, -0.05) is 11.2 Å². The van der Waals surface area contributed by atoms with Gasteiger partial charge in [0.2, 0.25) is 10.0 Å². The Kier molecular flexibility index (Phi) is 3.21. The second kappa shape index (κ2) is 4.69. The van der Waals surface area contributed by atoms with Gasteiger partial charge in [0.15, 0.2) is 5.56 Å². The monoisotopic (exact) mass is 283 g/mol. The van der Waals surface area contributed by atoms with Crippen molar-refractivity contribution in [3.8, 4) is 11.4 Å². The summed E-state index contributed by atoms with van der Waals surface area (Å²) in [4.78, 5) is 15.1. The number of anilines is 1. The summed E-state index contributed by atoms with van der Waals surface area (Å²) in [6.45, 7) is 0. The molecule has 2 aromatic heterocycles. The molecule has 0 unspecified atom stereocenters. The fourth-order valence-corrected chi connectivity index (χ4v) is 1.88. The van der Waals surface area contributed by atoms with Gasteiger partial charge in [0.05, 0.1) is 11.9 Å². The van der Waals surface area contributed by atoms with E-state index in [0.29, 0.717) is 0 Å². The standard InChI is InChI=1S/C10H9N3O5S/c1-19(16,17)13-9-7(10(14)15)8(12-18-9)6-4-2-3-5-11-6/h2-5,13H,1H3,(H,14,15).